The maximum absolute atomic E-state index is 12.3. The quantitative estimate of drug-likeness (QED) is 0.437. The Balaban J connectivity index is 3.52. The molecule has 11 heteroatoms. The van der Waals surface area contributed by atoms with Crippen LogP contribution in [0.15, 0.2) is 0 Å². The molecule has 152 valence electrons. The first-order chi connectivity index (χ1) is 12.4. The van der Waals surface area contributed by atoms with Crippen LogP contribution in [0.2, 0.25) is 0 Å². The van der Waals surface area contributed by atoms with E-state index in [1.165, 1.54) is 20.9 Å². The van der Waals surface area contributed by atoms with E-state index in [0.717, 1.165) is 20.8 Å². The molecule has 0 unspecified atom stereocenters. The van der Waals surface area contributed by atoms with Crippen molar-refractivity contribution < 1.29 is 42.9 Å². The number of hydrogen-bond acceptors (Lipinski definition) is 9. The number of likely N-dealkylation sites (N-methyl/N-ethyl adjacent to an activating group) is 1. The summed E-state index contributed by atoms with van der Waals surface area (Å²) >= 11 is 0. The molecule has 2 N–H and O–H groups in total. The van der Waals surface area contributed by atoms with E-state index in [-0.39, 0.29) is 0 Å². The lowest BCUT2D eigenvalue weighted by molar-refractivity contribution is -0.277. The van der Waals surface area contributed by atoms with Gasteiger partial charge in [-0.1, -0.05) is 0 Å². The Labute approximate surface area is 156 Å². The summed E-state index contributed by atoms with van der Waals surface area (Å²) in [4.78, 5) is 58.7. The number of nitrogens with one attached hydrogen (secondary N) is 2. The van der Waals surface area contributed by atoms with Gasteiger partial charge in [0, 0.05) is 34.7 Å². The van der Waals surface area contributed by atoms with Crippen molar-refractivity contribution in [3.8, 4) is 0 Å². The Hall–Kier alpha value is -2.69. The number of carbonyl (C=O) groups is 5. The largest absolute Gasteiger partial charge is 0.455 e. The smallest absolute Gasteiger partial charge is 0.303 e. The highest BCUT2D eigenvalue weighted by Gasteiger charge is 2.59. The van der Waals surface area contributed by atoms with E-state index in [0.29, 0.717) is 0 Å². The van der Waals surface area contributed by atoms with E-state index in [9.17, 15) is 24.0 Å². The molecule has 0 spiro atoms. The number of carbonyl (C=O) groups excluding carboxylic acids is 5. The Morgan fingerprint density at radius 1 is 0.852 bits per heavy atom. The lowest BCUT2D eigenvalue weighted by atomic mass is 9.90. The van der Waals surface area contributed by atoms with Gasteiger partial charge in [-0.05, 0) is 6.92 Å². The monoisotopic (exact) mass is 388 g/mol. The zero-order chi connectivity index (χ0) is 20.9. The minimum Gasteiger partial charge on any atom is -0.455 e. The summed E-state index contributed by atoms with van der Waals surface area (Å²) in [5.74, 6) is -3.58. The third-order valence-electron chi connectivity index (χ3n) is 3.66. The number of esters is 3. The molecular formula is C16H24N2O9. The maximum Gasteiger partial charge on any atom is 0.303 e. The predicted octanol–water partition coefficient (Wildman–Crippen LogP) is -1.22. The van der Waals surface area contributed by atoms with Gasteiger partial charge in [-0.2, -0.15) is 0 Å². The van der Waals surface area contributed by atoms with Gasteiger partial charge in [-0.15, -0.1) is 0 Å². The standard InChI is InChI=1S/C16H24N2O9/c1-7(19)18-16(5)14(26-10(4)22)12(25-9(3)21)11(24-8(2)20)13(27-16)15(23)17-6/h11-14H,1-6H3,(H,17,23)(H,18,19)/t11-,12-,13+,14-,16-/m0/s1. The summed E-state index contributed by atoms with van der Waals surface area (Å²) in [5.41, 5.74) is -1.74. The van der Waals surface area contributed by atoms with Gasteiger partial charge in [-0.3, -0.25) is 24.0 Å². The van der Waals surface area contributed by atoms with Gasteiger partial charge in [0.1, 0.15) is 0 Å². The molecule has 0 bridgehead atoms. The van der Waals surface area contributed by atoms with Crippen LogP contribution in [0.3, 0.4) is 0 Å². The fraction of sp³-hybridized carbons (Fsp3) is 0.688. The Bertz CT molecular complexity index is 635. The highest BCUT2D eigenvalue weighted by atomic mass is 16.7. The molecule has 1 aliphatic rings. The molecule has 1 saturated heterocycles. The molecule has 0 aromatic rings. The normalized spacial score (nSPS) is 29.9. The van der Waals surface area contributed by atoms with Gasteiger partial charge in [0.05, 0.1) is 0 Å². The van der Waals surface area contributed by atoms with Crippen molar-refractivity contribution in [3.05, 3.63) is 0 Å². The van der Waals surface area contributed by atoms with Crippen LogP contribution in [0.1, 0.15) is 34.6 Å². The summed E-state index contributed by atoms with van der Waals surface area (Å²) in [6.45, 7) is 5.82. The average Bonchev–Trinajstić information content (AvgIpc) is 2.50. The summed E-state index contributed by atoms with van der Waals surface area (Å²) in [5, 5.41) is 4.79. The van der Waals surface area contributed by atoms with Gasteiger partial charge in [0.15, 0.2) is 30.1 Å². The number of rotatable bonds is 5. The van der Waals surface area contributed by atoms with Gasteiger partial charge in [0.2, 0.25) is 5.91 Å². The second kappa shape index (κ2) is 8.80. The first-order valence-corrected chi connectivity index (χ1v) is 8.11. The molecule has 1 heterocycles. The zero-order valence-electron chi connectivity index (χ0n) is 16.0. The summed E-state index contributed by atoms with van der Waals surface area (Å²) in [6.07, 6.45) is -5.68. The summed E-state index contributed by atoms with van der Waals surface area (Å²) in [6, 6.07) is 0. The van der Waals surface area contributed by atoms with Gasteiger partial charge < -0.3 is 29.6 Å². The van der Waals surface area contributed by atoms with Crippen molar-refractivity contribution in [2.45, 2.75) is 64.8 Å². The van der Waals surface area contributed by atoms with Crippen LogP contribution in [0.25, 0.3) is 0 Å². The molecule has 1 fully saturated rings. The highest BCUT2D eigenvalue weighted by molar-refractivity contribution is 5.82. The molecule has 5 atom stereocenters. The zero-order valence-corrected chi connectivity index (χ0v) is 16.0. The van der Waals surface area contributed by atoms with Crippen LogP contribution in [0.5, 0.6) is 0 Å². The minimum absolute atomic E-state index is 0.558. The third kappa shape index (κ3) is 5.64. The van der Waals surface area contributed by atoms with Crippen LogP contribution in [-0.2, 0) is 42.9 Å². The molecule has 27 heavy (non-hydrogen) atoms. The van der Waals surface area contributed by atoms with E-state index in [4.69, 9.17) is 18.9 Å². The number of amides is 2. The Morgan fingerprint density at radius 2 is 1.33 bits per heavy atom. The first kappa shape index (κ1) is 22.4. The Kier molecular flexibility index (Phi) is 7.28. The van der Waals surface area contributed by atoms with Crippen LogP contribution in [0.4, 0.5) is 0 Å². The first-order valence-electron chi connectivity index (χ1n) is 8.11. The number of hydrogen-bond donors (Lipinski definition) is 2. The molecule has 0 saturated carbocycles. The molecule has 2 amide bonds. The van der Waals surface area contributed by atoms with Crippen LogP contribution in [0, 0.1) is 0 Å². The van der Waals surface area contributed by atoms with Gasteiger partial charge >= 0.3 is 17.9 Å². The molecule has 1 aliphatic heterocycles. The topological polar surface area (TPSA) is 146 Å². The van der Waals surface area contributed by atoms with E-state index < -0.39 is 59.9 Å². The predicted molar refractivity (Wildman–Crippen MR) is 87.8 cm³/mol. The fourth-order valence-corrected chi connectivity index (χ4v) is 2.85. The molecule has 11 nitrogen and oxygen atoms in total. The summed E-state index contributed by atoms with van der Waals surface area (Å²) in [7, 11) is 1.32. The molecule has 0 radical (unpaired) electrons. The van der Waals surface area contributed by atoms with Crippen molar-refractivity contribution in [3.63, 3.8) is 0 Å². The van der Waals surface area contributed by atoms with Crippen molar-refractivity contribution in [2.24, 2.45) is 0 Å². The minimum atomic E-state index is -1.74. The van der Waals surface area contributed by atoms with Crippen LogP contribution < -0.4 is 10.6 Å². The van der Waals surface area contributed by atoms with Crippen molar-refractivity contribution >= 4 is 29.7 Å². The van der Waals surface area contributed by atoms with E-state index in [1.54, 1.807) is 0 Å². The van der Waals surface area contributed by atoms with E-state index >= 15 is 0 Å². The highest BCUT2D eigenvalue weighted by Crippen LogP contribution is 2.34. The lowest BCUT2D eigenvalue weighted by Crippen LogP contribution is -2.73. The van der Waals surface area contributed by atoms with E-state index in [1.807, 2.05) is 0 Å². The fourth-order valence-electron chi connectivity index (χ4n) is 2.85. The van der Waals surface area contributed by atoms with Crippen molar-refractivity contribution in [1.29, 1.82) is 0 Å². The SMILES string of the molecule is CNC(=O)[C@@H]1O[C@](C)(NC(C)=O)[C@@H](OC(C)=O)[C@@H](OC(C)=O)[C@@H]1OC(C)=O. The summed E-state index contributed by atoms with van der Waals surface area (Å²) < 4.78 is 21.3. The van der Waals surface area contributed by atoms with Crippen LogP contribution in [-0.4, -0.2) is 66.9 Å². The van der Waals surface area contributed by atoms with Crippen molar-refractivity contribution in [2.75, 3.05) is 7.05 Å². The molecule has 0 aromatic heterocycles. The molecular weight excluding hydrogens is 364 g/mol. The molecule has 0 aliphatic carbocycles. The van der Waals surface area contributed by atoms with Crippen molar-refractivity contribution in [1.82, 2.24) is 10.6 Å². The molecule has 0 aromatic carbocycles. The second-order valence-electron chi connectivity index (χ2n) is 6.12. The maximum atomic E-state index is 12.3. The Morgan fingerprint density at radius 3 is 1.74 bits per heavy atom. The van der Waals surface area contributed by atoms with Crippen LogP contribution >= 0.6 is 0 Å². The molecule has 1 rings (SSSR count). The van der Waals surface area contributed by atoms with Gasteiger partial charge in [-0.25, -0.2) is 0 Å². The van der Waals surface area contributed by atoms with E-state index in [2.05, 4.69) is 10.6 Å². The lowest BCUT2D eigenvalue weighted by Gasteiger charge is -2.49. The second-order valence-corrected chi connectivity index (χ2v) is 6.12. The number of ether oxygens (including phenoxy) is 4. The van der Waals surface area contributed by atoms with Gasteiger partial charge in [0.25, 0.3) is 5.91 Å². The average molecular weight is 388 g/mol. The third-order valence-corrected chi connectivity index (χ3v) is 3.66.